The average molecular weight is 819 g/mol. The number of hydrogen-bond donors (Lipinski definition) is 0. The van der Waals surface area contributed by atoms with E-state index in [4.69, 9.17) is 0 Å². The summed E-state index contributed by atoms with van der Waals surface area (Å²) in [5, 5.41) is 2.53. The third-order valence-corrected chi connectivity index (χ3v) is 13.6. The van der Waals surface area contributed by atoms with Crippen molar-refractivity contribution in [1.82, 2.24) is 4.57 Å². The highest BCUT2D eigenvalue weighted by molar-refractivity contribution is 6.16. The molecule has 0 N–H and O–H groups in total. The number of fused-ring (bicyclic) bond motifs is 7. The zero-order chi connectivity index (χ0) is 42.6. The lowest BCUT2D eigenvalue weighted by molar-refractivity contribution is 0.740. The SMILES string of the molecule is CC1C=C(c2ccc(N(c3ccccc3)c3ccc(-c4ccc(C5(c6ccccc6)c6ccccc6-c6c5ccc5c7ccccc7n(-c7ccccc7)c65)cc4)cc3)cc2)C=CC1. The molecule has 2 aliphatic carbocycles. The van der Waals surface area contributed by atoms with Crippen molar-refractivity contribution < 1.29 is 0 Å². The molecule has 0 spiro atoms. The zero-order valence-electron chi connectivity index (χ0n) is 35.8. The summed E-state index contributed by atoms with van der Waals surface area (Å²) in [6, 6.07) is 82.8. The van der Waals surface area contributed by atoms with Crippen LogP contribution in [-0.2, 0) is 5.41 Å². The van der Waals surface area contributed by atoms with E-state index in [1.807, 2.05) is 0 Å². The lowest BCUT2D eigenvalue weighted by Gasteiger charge is -2.34. The van der Waals surface area contributed by atoms with Crippen molar-refractivity contribution in [1.29, 1.82) is 0 Å². The van der Waals surface area contributed by atoms with Gasteiger partial charge in [-0.25, -0.2) is 0 Å². The van der Waals surface area contributed by atoms with Crippen LogP contribution >= 0.6 is 0 Å². The van der Waals surface area contributed by atoms with Gasteiger partial charge in [0.2, 0.25) is 0 Å². The van der Waals surface area contributed by atoms with Crippen LogP contribution in [0.4, 0.5) is 17.1 Å². The number of rotatable bonds is 8. The predicted molar refractivity (Wildman–Crippen MR) is 269 cm³/mol. The number of aromatic nitrogens is 1. The smallest absolute Gasteiger partial charge is 0.0714 e. The molecule has 2 nitrogen and oxygen atoms in total. The zero-order valence-corrected chi connectivity index (χ0v) is 35.8. The molecule has 0 fully saturated rings. The third kappa shape index (κ3) is 6.02. The third-order valence-electron chi connectivity index (χ3n) is 13.6. The number of benzene rings is 9. The second-order valence-electron chi connectivity index (χ2n) is 17.3. The highest BCUT2D eigenvalue weighted by Gasteiger charge is 2.47. The molecule has 1 heterocycles. The van der Waals surface area contributed by atoms with Gasteiger partial charge in [0.25, 0.3) is 0 Å². The second-order valence-corrected chi connectivity index (χ2v) is 17.3. The summed E-state index contributed by atoms with van der Waals surface area (Å²) >= 11 is 0. The van der Waals surface area contributed by atoms with Crippen molar-refractivity contribution in [2.75, 3.05) is 4.90 Å². The summed E-state index contributed by atoms with van der Waals surface area (Å²) in [6.07, 6.45) is 8.03. The first-order valence-electron chi connectivity index (χ1n) is 22.5. The van der Waals surface area contributed by atoms with Crippen LogP contribution in [0.25, 0.3) is 55.3 Å². The van der Waals surface area contributed by atoms with Crippen LogP contribution in [0.1, 0.15) is 41.2 Å². The number of anilines is 3. The summed E-state index contributed by atoms with van der Waals surface area (Å²) in [5.41, 5.74) is 19.1. The van der Waals surface area contributed by atoms with Crippen LogP contribution in [0.15, 0.2) is 243 Å². The Balaban J connectivity index is 0.969. The van der Waals surface area contributed by atoms with Crippen LogP contribution in [-0.4, -0.2) is 4.57 Å². The molecule has 0 radical (unpaired) electrons. The molecule has 2 aliphatic rings. The number of allylic oxidation sites excluding steroid dienone is 4. The molecule has 0 aliphatic heterocycles. The van der Waals surface area contributed by atoms with E-state index in [0.717, 1.165) is 29.2 Å². The molecule has 12 rings (SSSR count). The first-order valence-corrected chi connectivity index (χ1v) is 22.5. The molecule has 0 saturated carbocycles. The largest absolute Gasteiger partial charge is 0.311 e. The van der Waals surface area contributed by atoms with Gasteiger partial charge in [-0.2, -0.15) is 0 Å². The predicted octanol–water partition coefficient (Wildman–Crippen LogP) is 16.3. The minimum Gasteiger partial charge on any atom is -0.311 e. The van der Waals surface area contributed by atoms with Crippen molar-refractivity contribution >= 4 is 44.4 Å². The van der Waals surface area contributed by atoms with Crippen LogP contribution in [0.2, 0.25) is 0 Å². The Morgan fingerprint density at radius 3 is 1.73 bits per heavy atom. The van der Waals surface area contributed by atoms with E-state index in [0.29, 0.717) is 5.92 Å². The van der Waals surface area contributed by atoms with Gasteiger partial charge in [0.15, 0.2) is 0 Å². The maximum atomic E-state index is 2.48. The standard InChI is InChI=1S/C62H46N2/c1-43-16-15-17-47(42-43)46-32-38-53(39-33-46)63(50-20-7-3-8-21-50)52-36-30-45(31-37-52)44-28-34-49(35-29-44)62(48-18-5-2-6-19-48)57-26-13-11-25-56(57)60-58(62)41-40-55-54-24-12-14-27-59(54)64(61(55)60)51-22-9-4-10-23-51/h2-15,17-43H,16H2,1H3. The van der Waals surface area contributed by atoms with Crippen LogP contribution in [0, 0.1) is 5.92 Å². The van der Waals surface area contributed by atoms with E-state index in [1.165, 1.54) is 77.5 Å². The van der Waals surface area contributed by atoms with Crippen molar-refractivity contribution in [3.63, 3.8) is 0 Å². The fourth-order valence-electron chi connectivity index (χ4n) is 10.7. The number of para-hydroxylation sites is 3. The quantitative estimate of drug-likeness (QED) is 0.148. The normalized spacial score (nSPS) is 16.4. The van der Waals surface area contributed by atoms with Gasteiger partial charge in [0.05, 0.1) is 16.4 Å². The Labute approximate surface area is 375 Å². The van der Waals surface area contributed by atoms with Crippen molar-refractivity contribution in [2.45, 2.75) is 18.8 Å². The second kappa shape index (κ2) is 15.4. The van der Waals surface area contributed by atoms with E-state index in [9.17, 15) is 0 Å². The maximum absolute atomic E-state index is 2.48. The molecule has 0 bridgehead atoms. The highest BCUT2D eigenvalue weighted by Crippen LogP contribution is 2.58. The van der Waals surface area contributed by atoms with E-state index in [2.05, 4.69) is 259 Å². The van der Waals surface area contributed by atoms with E-state index in [1.54, 1.807) is 0 Å². The lowest BCUT2D eigenvalue weighted by atomic mass is 9.67. The molecule has 9 aromatic carbocycles. The lowest BCUT2D eigenvalue weighted by Crippen LogP contribution is -2.28. The van der Waals surface area contributed by atoms with Gasteiger partial charge in [0.1, 0.15) is 0 Å². The van der Waals surface area contributed by atoms with E-state index in [-0.39, 0.29) is 0 Å². The molecule has 2 unspecified atom stereocenters. The number of nitrogens with zero attached hydrogens (tertiary/aromatic N) is 2. The Hall–Kier alpha value is -7.94. The molecule has 304 valence electrons. The highest BCUT2D eigenvalue weighted by atomic mass is 15.1. The summed E-state index contributed by atoms with van der Waals surface area (Å²) < 4.78 is 2.48. The van der Waals surface area contributed by atoms with Gasteiger partial charge in [-0.1, -0.05) is 195 Å². The summed E-state index contributed by atoms with van der Waals surface area (Å²) in [5.74, 6) is 0.558. The molecule has 2 atom stereocenters. The fraction of sp³-hybridized carbons (Fsp3) is 0.0645. The molecular weight excluding hydrogens is 773 g/mol. The summed E-state index contributed by atoms with van der Waals surface area (Å²) in [7, 11) is 0. The van der Waals surface area contributed by atoms with Gasteiger partial charge in [-0.05, 0) is 117 Å². The number of hydrogen-bond acceptors (Lipinski definition) is 1. The van der Waals surface area contributed by atoms with Crippen molar-refractivity contribution in [3.05, 3.63) is 271 Å². The molecule has 10 aromatic rings. The van der Waals surface area contributed by atoms with Crippen molar-refractivity contribution in [2.24, 2.45) is 5.92 Å². The van der Waals surface area contributed by atoms with Crippen LogP contribution in [0.3, 0.4) is 0 Å². The van der Waals surface area contributed by atoms with E-state index < -0.39 is 5.41 Å². The average Bonchev–Trinajstić information content (AvgIpc) is 3.86. The Morgan fingerprint density at radius 1 is 0.469 bits per heavy atom. The monoisotopic (exact) mass is 818 g/mol. The molecule has 64 heavy (non-hydrogen) atoms. The Morgan fingerprint density at radius 2 is 1.03 bits per heavy atom. The minimum absolute atomic E-state index is 0.532. The van der Waals surface area contributed by atoms with Gasteiger partial charge in [-0.3, -0.25) is 0 Å². The fourth-order valence-corrected chi connectivity index (χ4v) is 10.7. The maximum Gasteiger partial charge on any atom is 0.0714 e. The van der Waals surface area contributed by atoms with Gasteiger partial charge < -0.3 is 9.47 Å². The molecule has 0 amide bonds. The van der Waals surface area contributed by atoms with Crippen molar-refractivity contribution in [3.8, 4) is 27.9 Å². The van der Waals surface area contributed by atoms with Gasteiger partial charge in [-0.15, -0.1) is 0 Å². The Bertz CT molecular complexity index is 3380. The molecule has 0 saturated heterocycles. The topological polar surface area (TPSA) is 8.17 Å². The summed E-state index contributed by atoms with van der Waals surface area (Å²) in [6.45, 7) is 2.28. The first-order chi connectivity index (χ1) is 31.7. The summed E-state index contributed by atoms with van der Waals surface area (Å²) in [4.78, 5) is 2.34. The van der Waals surface area contributed by atoms with Crippen LogP contribution in [0.5, 0.6) is 0 Å². The first kappa shape index (κ1) is 37.8. The molecular formula is C62H46N2. The minimum atomic E-state index is -0.532. The van der Waals surface area contributed by atoms with Gasteiger partial charge >= 0.3 is 0 Å². The van der Waals surface area contributed by atoms with Crippen LogP contribution < -0.4 is 4.90 Å². The van der Waals surface area contributed by atoms with Gasteiger partial charge in [0, 0.05) is 39.1 Å². The van der Waals surface area contributed by atoms with E-state index >= 15 is 0 Å². The molecule has 2 heteroatoms. The Kier molecular flexibility index (Phi) is 9.12. The molecule has 1 aromatic heterocycles.